The lowest BCUT2D eigenvalue weighted by Gasteiger charge is -2.28. The van der Waals surface area contributed by atoms with Crippen molar-refractivity contribution in [2.75, 3.05) is 6.61 Å². The Balaban J connectivity index is 2.06. The topological polar surface area (TPSA) is 75.4 Å². The van der Waals surface area contributed by atoms with Crippen LogP contribution in [0, 0.1) is 0 Å². The Morgan fingerprint density at radius 2 is 1.89 bits per heavy atom. The maximum Gasteiger partial charge on any atom is 0.251 e. The minimum Gasteiger partial charge on any atom is -0.394 e. The van der Waals surface area contributed by atoms with Crippen molar-refractivity contribution in [3.8, 4) is 0 Å². The zero-order chi connectivity index (χ0) is 13.0. The van der Waals surface area contributed by atoms with Crippen LogP contribution in [0.1, 0.15) is 41.6 Å². The maximum atomic E-state index is 12.1. The number of hydrogen-bond donors (Lipinski definition) is 3. The first-order chi connectivity index (χ1) is 8.69. The highest BCUT2D eigenvalue weighted by Gasteiger charge is 2.34. The van der Waals surface area contributed by atoms with Crippen molar-refractivity contribution in [1.29, 1.82) is 0 Å². The maximum absolute atomic E-state index is 12.1. The van der Waals surface area contributed by atoms with E-state index in [1.165, 1.54) is 0 Å². The van der Waals surface area contributed by atoms with Crippen molar-refractivity contribution in [3.63, 3.8) is 0 Å². The highest BCUT2D eigenvalue weighted by atomic mass is 16.3. The smallest absolute Gasteiger partial charge is 0.251 e. The number of nitrogens with one attached hydrogen (secondary N) is 1. The van der Waals surface area contributed by atoms with Gasteiger partial charge in [-0.15, -0.1) is 0 Å². The zero-order valence-electron chi connectivity index (χ0n) is 10.5. The van der Waals surface area contributed by atoms with Crippen LogP contribution in [0.4, 0.5) is 0 Å². The van der Waals surface area contributed by atoms with Gasteiger partial charge in [0, 0.05) is 12.1 Å². The molecule has 18 heavy (non-hydrogen) atoms. The van der Waals surface area contributed by atoms with E-state index in [-0.39, 0.29) is 12.5 Å². The van der Waals surface area contributed by atoms with Gasteiger partial charge in [-0.3, -0.25) is 4.79 Å². The van der Waals surface area contributed by atoms with Gasteiger partial charge in [0.1, 0.15) is 0 Å². The van der Waals surface area contributed by atoms with Gasteiger partial charge in [0.15, 0.2) is 0 Å². The lowest BCUT2D eigenvalue weighted by atomic mass is 9.98. The molecule has 0 aliphatic heterocycles. The summed E-state index contributed by atoms with van der Waals surface area (Å²) in [6.07, 6.45) is 3.84. The molecule has 0 saturated heterocycles. The van der Waals surface area contributed by atoms with E-state index in [0.717, 1.165) is 31.2 Å². The van der Waals surface area contributed by atoms with Crippen LogP contribution in [0.25, 0.3) is 0 Å². The number of hydrogen-bond acceptors (Lipinski definition) is 3. The first-order valence-corrected chi connectivity index (χ1v) is 6.41. The van der Waals surface area contributed by atoms with Gasteiger partial charge >= 0.3 is 0 Å². The Morgan fingerprint density at radius 1 is 1.28 bits per heavy atom. The lowest BCUT2D eigenvalue weighted by molar-refractivity contribution is 0.0838. The largest absolute Gasteiger partial charge is 0.394 e. The van der Waals surface area contributed by atoms with Crippen molar-refractivity contribution in [3.05, 3.63) is 35.4 Å². The first kappa shape index (κ1) is 13.1. The second-order valence-corrected chi connectivity index (χ2v) is 5.00. The molecule has 1 fully saturated rings. The van der Waals surface area contributed by atoms with Gasteiger partial charge in [-0.05, 0) is 30.5 Å². The van der Waals surface area contributed by atoms with E-state index >= 15 is 0 Å². The summed E-state index contributed by atoms with van der Waals surface area (Å²) in [6, 6.07) is 7.26. The summed E-state index contributed by atoms with van der Waals surface area (Å²) >= 11 is 0. The third kappa shape index (κ3) is 2.71. The van der Waals surface area contributed by atoms with Crippen LogP contribution in [0.3, 0.4) is 0 Å². The molecule has 0 atom stereocenters. The molecule has 4 N–H and O–H groups in total. The van der Waals surface area contributed by atoms with Crippen LogP contribution in [0.5, 0.6) is 0 Å². The molecule has 4 nitrogen and oxygen atoms in total. The Morgan fingerprint density at radius 3 is 2.39 bits per heavy atom. The van der Waals surface area contributed by atoms with Crippen molar-refractivity contribution < 1.29 is 9.90 Å². The third-order valence-electron chi connectivity index (χ3n) is 3.69. The molecule has 98 valence electrons. The van der Waals surface area contributed by atoms with Crippen molar-refractivity contribution >= 4 is 5.91 Å². The van der Waals surface area contributed by atoms with Crippen molar-refractivity contribution in [2.24, 2.45) is 5.73 Å². The third-order valence-corrected chi connectivity index (χ3v) is 3.69. The number of carbonyl (C=O) groups is 1. The number of benzene rings is 1. The number of aliphatic hydroxyl groups is 1. The Labute approximate surface area is 107 Å². The van der Waals surface area contributed by atoms with E-state index in [2.05, 4.69) is 5.32 Å². The quantitative estimate of drug-likeness (QED) is 0.749. The Kier molecular flexibility index (Phi) is 3.99. The molecule has 0 radical (unpaired) electrons. The first-order valence-electron chi connectivity index (χ1n) is 6.41. The Bertz CT molecular complexity index is 408. The second-order valence-electron chi connectivity index (χ2n) is 5.00. The normalized spacial score (nSPS) is 17.7. The van der Waals surface area contributed by atoms with Crippen LogP contribution >= 0.6 is 0 Å². The molecule has 1 aliphatic carbocycles. The van der Waals surface area contributed by atoms with Gasteiger partial charge < -0.3 is 16.2 Å². The van der Waals surface area contributed by atoms with E-state index in [0.29, 0.717) is 12.1 Å². The molecule has 0 aromatic heterocycles. The van der Waals surface area contributed by atoms with E-state index in [9.17, 15) is 9.90 Å². The molecule has 0 unspecified atom stereocenters. The van der Waals surface area contributed by atoms with E-state index in [1.54, 1.807) is 12.1 Å². The molecule has 0 bridgehead atoms. The second kappa shape index (κ2) is 5.50. The average Bonchev–Trinajstić information content (AvgIpc) is 2.88. The fraction of sp³-hybridized carbons (Fsp3) is 0.500. The number of carbonyl (C=O) groups excluding carboxylic acids is 1. The monoisotopic (exact) mass is 248 g/mol. The van der Waals surface area contributed by atoms with Gasteiger partial charge in [0.2, 0.25) is 0 Å². The molecule has 1 amide bonds. The lowest BCUT2D eigenvalue weighted by Crippen LogP contribution is -2.49. The zero-order valence-corrected chi connectivity index (χ0v) is 10.5. The molecular formula is C14H20N2O2. The molecule has 1 aromatic carbocycles. The van der Waals surface area contributed by atoms with Crippen LogP contribution in [-0.4, -0.2) is 23.2 Å². The summed E-state index contributed by atoms with van der Waals surface area (Å²) in [4.78, 5) is 12.1. The average molecular weight is 248 g/mol. The van der Waals surface area contributed by atoms with E-state index in [4.69, 9.17) is 5.73 Å². The van der Waals surface area contributed by atoms with Gasteiger partial charge in [-0.2, -0.15) is 0 Å². The fourth-order valence-corrected chi connectivity index (χ4v) is 2.48. The SMILES string of the molecule is NCc1ccc(C(=O)NC2(CO)CCCC2)cc1. The highest BCUT2D eigenvalue weighted by molar-refractivity contribution is 5.94. The van der Waals surface area contributed by atoms with Gasteiger partial charge in [-0.25, -0.2) is 0 Å². The number of rotatable bonds is 4. The van der Waals surface area contributed by atoms with E-state index in [1.807, 2.05) is 12.1 Å². The summed E-state index contributed by atoms with van der Waals surface area (Å²) in [6.45, 7) is 0.488. The molecule has 0 spiro atoms. The highest BCUT2D eigenvalue weighted by Crippen LogP contribution is 2.29. The molecule has 0 heterocycles. The van der Waals surface area contributed by atoms with Crippen molar-refractivity contribution in [1.82, 2.24) is 5.32 Å². The standard InChI is InChI=1S/C14H20N2O2/c15-9-11-3-5-12(6-4-11)13(18)16-14(10-17)7-1-2-8-14/h3-6,17H,1-2,7-10,15H2,(H,16,18). The predicted octanol–water partition coefficient (Wildman–Crippen LogP) is 1.18. The molecule has 2 rings (SSSR count). The van der Waals surface area contributed by atoms with Gasteiger partial charge in [0.25, 0.3) is 5.91 Å². The summed E-state index contributed by atoms with van der Waals surface area (Å²) in [5, 5.41) is 12.4. The molecule has 1 saturated carbocycles. The van der Waals surface area contributed by atoms with Crippen LogP contribution in [-0.2, 0) is 6.54 Å². The van der Waals surface area contributed by atoms with Crippen LogP contribution in [0.15, 0.2) is 24.3 Å². The van der Waals surface area contributed by atoms with Crippen LogP contribution in [0.2, 0.25) is 0 Å². The number of amides is 1. The summed E-state index contributed by atoms with van der Waals surface area (Å²) in [5.41, 5.74) is 6.73. The number of nitrogens with two attached hydrogens (primary N) is 1. The summed E-state index contributed by atoms with van der Waals surface area (Å²) in [7, 11) is 0. The summed E-state index contributed by atoms with van der Waals surface area (Å²) < 4.78 is 0. The molecule has 1 aliphatic rings. The van der Waals surface area contributed by atoms with Gasteiger partial charge in [0.05, 0.1) is 12.1 Å². The fourth-order valence-electron chi connectivity index (χ4n) is 2.48. The number of aliphatic hydroxyl groups excluding tert-OH is 1. The molecule has 4 heteroatoms. The minimum atomic E-state index is -0.413. The minimum absolute atomic E-state index is 0.0135. The molecule has 1 aromatic rings. The van der Waals surface area contributed by atoms with Crippen LogP contribution < -0.4 is 11.1 Å². The molecular weight excluding hydrogens is 228 g/mol. The summed E-state index contributed by atoms with van der Waals surface area (Å²) in [5.74, 6) is -0.116. The Hall–Kier alpha value is -1.39. The van der Waals surface area contributed by atoms with Gasteiger partial charge in [-0.1, -0.05) is 25.0 Å². The van der Waals surface area contributed by atoms with Crippen molar-refractivity contribution in [2.45, 2.75) is 37.8 Å². The van der Waals surface area contributed by atoms with E-state index < -0.39 is 5.54 Å². The predicted molar refractivity (Wildman–Crippen MR) is 70.1 cm³/mol.